The largest absolute Gasteiger partial charge is 0.444 e. The predicted molar refractivity (Wildman–Crippen MR) is 69.1 cm³/mol. The molecule has 1 rings (SSSR count). The molecule has 6 heteroatoms. The number of imide groups is 1. The zero-order chi connectivity index (χ0) is 15.0. The maximum Gasteiger partial charge on any atom is 0.330 e. The number of urea groups is 1. The van der Waals surface area contributed by atoms with E-state index in [9.17, 15) is 14.4 Å². The van der Waals surface area contributed by atoms with Crippen molar-refractivity contribution in [2.45, 2.75) is 46.6 Å². The Kier molecular flexibility index (Phi) is 3.93. The van der Waals surface area contributed by atoms with E-state index in [0.29, 0.717) is 6.42 Å². The second kappa shape index (κ2) is 4.83. The Morgan fingerprint density at radius 1 is 1.32 bits per heavy atom. The Morgan fingerprint density at radius 3 is 2.21 bits per heavy atom. The van der Waals surface area contributed by atoms with Crippen LogP contribution in [-0.4, -0.2) is 47.0 Å². The van der Waals surface area contributed by atoms with Gasteiger partial charge in [0, 0.05) is 7.05 Å². The van der Waals surface area contributed by atoms with Crippen molar-refractivity contribution in [3.05, 3.63) is 0 Å². The summed E-state index contributed by atoms with van der Waals surface area (Å²) >= 11 is 0. The third kappa shape index (κ3) is 2.57. The van der Waals surface area contributed by atoms with Gasteiger partial charge in [0.25, 0.3) is 5.91 Å². The van der Waals surface area contributed by atoms with Crippen molar-refractivity contribution >= 4 is 17.9 Å². The molecule has 108 valence electrons. The summed E-state index contributed by atoms with van der Waals surface area (Å²) in [5.74, 6) is -0.677. The standard InChI is InChI=1S/C13H22N2O4/c1-7-12(2,3)10(17)19-8-15-11(18)14(6)9(16)13(15,4)5/h7-8H2,1-6H3. The van der Waals surface area contributed by atoms with Crippen molar-refractivity contribution in [1.29, 1.82) is 0 Å². The van der Waals surface area contributed by atoms with Crippen LogP contribution >= 0.6 is 0 Å². The zero-order valence-corrected chi connectivity index (χ0v) is 12.4. The van der Waals surface area contributed by atoms with Gasteiger partial charge in [0.15, 0.2) is 6.73 Å². The Morgan fingerprint density at radius 2 is 1.84 bits per heavy atom. The summed E-state index contributed by atoms with van der Waals surface area (Å²) in [7, 11) is 1.42. The number of carbonyl (C=O) groups excluding carboxylic acids is 3. The van der Waals surface area contributed by atoms with Gasteiger partial charge in [0.1, 0.15) is 5.54 Å². The molecular weight excluding hydrogens is 248 g/mol. The van der Waals surface area contributed by atoms with Crippen LogP contribution in [0.4, 0.5) is 4.79 Å². The van der Waals surface area contributed by atoms with Crippen molar-refractivity contribution in [3.8, 4) is 0 Å². The van der Waals surface area contributed by atoms with Crippen LogP contribution < -0.4 is 0 Å². The van der Waals surface area contributed by atoms with Crippen LogP contribution in [0.5, 0.6) is 0 Å². The summed E-state index contributed by atoms with van der Waals surface area (Å²) in [4.78, 5) is 37.9. The first-order chi connectivity index (χ1) is 8.55. The summed E-state index contributed by atoms with van der Waals surface area (Å²) < 4.78 is 5.17. The van der Waals surface area contributed by atoms with E-state index in [4.69, 9.17) is 4.74 Å². The first kappa shape index (κ1) is 15.5. The molecule has 19 heavy (non-hydrogen) atoms. The molecule has 0 atom stereocenters. The molecule has 0 aromatic carbocycles. The molecule has 1 saturated heterocycles. The smallest absolute Gasteiger partial charge is 0.330 e. The average molecular weight is 270 g/mol. The lowest BCUT2D eigenvalue weighted by molar-refractivity contribution is -0.159. The highest BCUT2D eigenvalue weighted by Crippen LogP contribution is 2.27. The summed E-state index contributed by atoms with van der Waals surface area (Å²) in [6, 6.07) is -0.447. The van der Waals surface area contributed by atoms with Crippen molar-refractivity contribution in [1.82, 2.24) is 9.80 Å². The lowest BCUT2D eigenvalue weighted by Crippen LogP contribution is -2.46. The number of carbonyl (C=O) groups is 3. The number of hydrogen-bond acceptors (Lipinski definition) is 4. The fourth-order valence-corrected chi connectivity index (χ4v) is 1.71. The Bertz CT molecular complexity index is 415. The number of ether oxygens (including phenoxy) is 1. The molecule has 1 aliphatic rings. The number of rotatable bonds is 4. The van der Waals surface area contributed by atoms with Crippen LogP contribution in [0.2, 0.25) is 0 Å². The highest BCUT2D eigenvalue weighted by Gasteiger charge is 2.50. The fourth-order valence-electron chi connectivity index (χ4n) is 1.71. The third-order valence-electron chi connectivity index (χ3n) is 3.78. The van der Waals surface area contributed by atoms with Crippen molar-refractivity contribution in [2.75, 3.05) is 13.8 Å². The van der Waals surface area contributed by atoms with Crippen molar-refractivity contribution in [3.63, 3.8) is 0 Å². The minimum Gasteiger partial charge on any atom is -0.444 e. The van der Waals surface area contributed by atoms with Gasteiger partial charge in [-0.3, -0.25) is 19.4 Å². The molecule has 1 heterocycles. The SMILES string of the molecule is CCC(C)(C)C(=O)OCN1C(=O)N(C)C(=O)C1(C)C. The van der Waals surface area contributed by atoms with Crippen LogP contribution in [0.25, 0.3) is 0 Å². The monoisotopic (exact) mass is 270 g/mol. The number of esters is 1. The number of likely N-dealkylation sites (N-methyl/N-ethyl adjacent to an activating group) is 1. The lowest BCUT2D eigenvalue weighted by atomic mass is 9.91. The van der Waals surface area contributed by atoms with Crippen molar-refractivity contribution < 1.29 is 19.1 Å². The van der Waals surface area contributed by atoms with E-state index in [1.807, 2.05) is 6.92 Å². The van der Waals surface area contributed by atoms with E-state index in [1.165, 1.54) is 11.9 Å². The van der Waals surface area contributed by atoms with Crippen LogP contribution in [0.1, 0.15) is 41.0 Å². The second-order valence-corrected chi connectivity index (χ2v) is 5.93. The summed E-state index contributed by atoms with van der Waals surface area (Å²) in [5, 5.41) is 0. The molecule has 1 fully saturated rings. The quantitative estimate of drug-likeness (QED) is 0.575. The topological polar surface area (TPSA) is 66.9 Å². The van der Waals surface area contributed by atoms with Gasteiger partial charge < -0.3 is 4.74 Å². The summed E-state index contributed by atoms with van der Waals surface area (Å²) in [6.07, 6.45) is 0.641. The first-order valence-electron chi connectivity index (χ1n) is 6.32. The van der Waals surface area contributed by atoms with Gasteiger partial charge in [-0.05, 0) is 34.1 Å². The molecule has 0 N–H and O–H groups in total. The van der Waals surface area contributed by atoms with E-state index in [0.717, 1.165) is 4.90 Å². The fraction of sp³-hybridized carbons (Fsp3) is 0.769. The van der Waals surface area contributed by atoms with Gasteiger partial charge in [0.05, 0.1) is 5.41 Å². The molecule has 1 aliphatic heterocycles. The third-order valence-corrected chi connectivity index (χ3v) is 3.78. The minimum absolute atomic E-state index is 0.204. The molecule has 0 aromatic heterocycles. The van der Waals surface area contributed by atoms with Gasteiger partial charge in [-0.25, -0.2) is 4.79 Å². The van der Waals surface area contributed by atoms with Gasteiger partial charge in [0.2, 0.25) is 0 Å². The molecular formula is C13H22N2O4. The van der Waals surface area contributed by atoms with Crippen LogP contribution in [0, 0.1) is 5.41 Å². The van der Waals surface area contributed by atoms with Gasteiger partial charge in [-0.2, -0.15) is 0 Å². The van der Waals surface area contributed by atoms with E-state index >= 15 is 0 Å². The zero-order valence-electron chi connectivity index (χ0n) is 12.4. The molecule has 0 radical (unpaired) electrons. The summed E-state index contributed by atoms with van der Waals surface area (Å²) in [5.41, 5.74) is -1.58. The van der Waals surface area contributed by atoms with Gasteiger partial charge in [-0.15, -0.1) is 0 Å². The Balaban J connectivity index is 2.76. The molecule has 0 aromatic rings. The second-order valence-electron chi connectivity index (χ2n) is 5.93. The normalized spacial score (nSPS) is 19.1. The van der Waals surface area contributed by atoms with E-state index in [2.05, 4.69) is 0 Å². The maximum atomic E-state index is 11.9. The lowest BCUT2D eigenvalue weighted by Gasteiger charge is -2.29. The van der Waals surface area contributed by atoms with Crippen LogP contribution in [0.3, 0.4) is 0 Å². The minimum atomic E-state index is -0.984. The number of amides is 3. The summed E-state index contributed by atoms with van der Waals surface area (Å²) in [6.45, 7) is 8.52. The molecule has 0 unspecified atom stereocenters. The predicted octanol–water partition coefficient (Wildman–Crippen LogP) is 1.60. The van der Waals surface area contributed by atoms with Crippen molar-refractivity contribution in [2.24, 2.45) is 5.41 Å². The molecule has 0 aliphatic carbocycles. The number of hydrogen-bond donors (Lipinski definition) is 0. The first-order valence-corrected chi connectivity index (χ1v) is 6.32. The molecule has 3 amide bonds. The highest BCUT2D eigenvalue weighted by atomic mass is 16.5. The average Bonchev–Trinajstić information content (AvgIpc) is 2.48. The van der Waals surface area contributed by atoms with Crippen LogP contribution in [-0.2, 0) is 14.3 Å². The molecule has 0 saturated carbocycles. The van der Waals surface area contributed by atoms with Crippen LogP contribution in [0.15, 0.2) is 0 Å². The molecule has 0 spiro atoms. The Labute approximate surface area is 113 Å². The molecule has 6 nitrogen and oxygen atoms in total. The Hall–Kier alpha value is -1.59. The van der Waals surface area contributed by atoms with Gasteiger partial charge in [-0.1, -0.05) is 6.92 Å². The van der Waals surface area contributed by atoms with E-state index < -0.39 is 17.0 Å². The highest BCUT2D eigenvalue weighted by molar-refractivity contribution is 6.06. The maximum absolute atomic E-state index is 11.9. The van der Waals surface area contributed by atoms with E-state index in [1.54, 1.807) is 27.7 Å². The molecule has 0 bridgehead atoms. The van der Waals surface area contributed by atoms with Gasteiger partial charge >= 0.3 is 12.0 Å². The van der Waals surface area contributed by atoms with E-state index in [-0.39, 0.29) is 18.6 Å². The number of nitrogens with zero attached hydrogens (tertiary/aromatic N) is 2.